The molecule has 14 heavy (non-hydrogen) atoms. The molecule has 0 bridgehead atoms. The molecule has 1 N–H and O–H groups in total. The zero-order valence-electron chi connectivity index (χ0n) is 8.99. The summed E-state index contributed by atoms with van der Waals surface area (Å²) in [5.74, 6) is 0.214. The van der Waals surface area contributed by atoms with Gasteiger partial charge in [-0.15, -0.1) is 0 Å². The van der Waals surface area contributed by atoms with Crippen molar-refractivity contribution in [2.24, 2.45) is 0 Å². The Labute approximate surface area is 86.7 Å². The van der Waals surface area contributed by atoms with Crippen LogP contribution in [-0.4, -0.2) is 44.2 Å². The van der Waals surface area contributed by atoms with Crippen LogP contribution in [0.2, 0.25) is 0 Å². The first-order valence-corrected chi connectivity index (χ1v) is 6.92. The summed E-state index contributed by atoms with van der Waals surface area (Å²) in [6.45, 7) is 5.99. The van der Waals surface area contributed by atoms with Gasteiger partial charge in [-0.1, -0.05) is 6.92 Å². The number of hydrogen-bond donors (Lipinski definition) is 1. The van der Waals surface area contributed by atoms with E-state index in [1.807, 2.05) is 6.92 Å². The highest BCUT2D eigenvalue weighted by molar-refractivity contribution is 7.89. The van der Waals surface area contributed by atoms with Gasteiger partial charge >= 0.3 is 0 Å². The molecule has 0 aromatic heterocycles. The molecule has 0 saturated carbocycles. The predicted octanol–water partition coefficient (Wildman–Crippen LogP) is 0.410. The van der Waals surface area contributed by atoms with Crippen LogP contribution >= 0.6 is 0 Å². The molecular formula is C9H20N2O2S. The summed E-state index contributed by atoms with van der Waals surface area (Å²) in [5, 5.41) is 3.30. The summed E-state index contributed by atoms with van der Waals surface area (Å²) < 4.78 is 24.8. The van der Waals surface area contributed by atoms with Crippen molar-refractivity contribution >= 4 is 10.0 Å². The van der Waals surface area contributed by atoms with Gasteiger partial charge in [-0.3, -0.25) is 0 Å². The van der Waals surface area contributed by atoms with Crippen LogP contribution in [0.3, 0.4) is 0 Å². The van der Waals surface area contributed by atoms with Gasteiger partial charge in [0.2, 0.25) is 10.0 Å². The quantitative estimate of drug-likeness (QED) is 0.746. The van der Waals surface area contributed by atoms with E-state index in [9.17, 15) is 8.42 Å². The molecule has 1 saturated heterocycles. The Kier molecular flexibility index (Phi) is 4.34. The fourth-order valence-corrected chi connectivity index (χ4v) is 3.01. The van der Waals surface area contributed by atoms with E-state index < -0.39 is 10.0 Å². The van der Waals surface area contributed by atoms with E-state index in [-0.39, 0.29) is 5.75 Å². The average molecular weight is 220 g/mol. The van der Waals surface area contributed by atoms with Crippen molar-refractivity contribution in [3.8, 4) is 0 Å². The Morgan fingerprint density at radius 1 is 1.43 bits per heavy atom. The monoisotopic (exact) mass is 220 g/mol. The van der Waals surface area contributed by atoms with Gasteiger partial charge in [0.05, 0.1) is 5.75 Å². The first kappa shape index (κ1) is 11.9. The molecule has 1 heterocycles. The summed E-state index contributed by atoms with van der Waals surface area (Å²) in [4.78, 5) is 0. The number of piperidine rings is 1. The molecule has 0 spiro atoms. The van der Waals surface area contributed by atoms with E-state index in [1.54, 1.807) is 11.2 Å². The number of nitrogens with one attached hydrogen (secondary N) is 1. The van der Waals surface area contributed by atoms with Crippen LogP contribution < -0.4 is 5.32 Å². The maximum Gasteiger partial charge on any atom is 0.213 e. The highest BCUT2D eigenvalue weighted by atomic mass is 32.2. The molecule has 1 rings (SSSR count). The molecule has 84 valence electrons. The zero-order valence-corrected chi connectivity index (χ0v) is 9.81. The van der Waals surface area contributed by atoms with Gasteiger partial charge < -0.3 is 5.32 Å². The average Bonchev–Trinajstić information content (AvgIpc) is 2.19. The minimum atomic E-state index is -2.98. The van der Waals surface area contributed by atoms with Crippen molar-refractivity contribution in [3.63, 3.8) is 0 Å². The predicted molar refractivity (Wildman–Crippen MR) is 57.7 cm³/mol. The van der Waals surface area contributed by atoms with Crippen LogP contribution in [0.15, 0.2) is 0 Å². The number of rotatable bonds is 4. The van der Waals surface area contributed by atoms with Crippen molar-refractivity contribution in [3.05, 3.63) is 0 Å². The highest BCUT2D eigenvalue weighted by Gasteiger charge is 2.26. The first-order valence-electron chi connectivity index (χ1n) is 5.31. The van der Waals surface area contributed by atoms with E-state index in [1.165, 1.54) is 0 Å². The Hall–Kier alpha value is -0.130. The molecule has 0 aromatic rings. The van der Waals surface area contributed by atoms with Gasteiger partial charge in [-0.25, -0.2) is 12.7 Å². The molecule has 1 aliphatic heterocycles. The summed E-state index contributed by atoms with van der Waals surface area (Å²) in [6, 6.07) is 0.343. The smallest absolute Gasteiger partial charge is 0.213 e. The minimum absolute atomic E-state index is 0.214. The summed E-state index contributed by atoms with van der Waals surface area (Å²) in [7, 11) is -2.98. The number of hydrogen-bond acceptors (Lipinski definition) is 3. The van der Waals surface area contributed by atoms with Gasteiger partial charge in [-0.05, 0) is 26.3 Å². The Balaban J connectivity index is 2.56. The normalized spacial score (nSPS) is 25.1. The number of nitrogens with zero attached hydrogens (tertiary/aromatic N) is 1. The lowest BCUT2D eigenvalue weighted by Crippen LogP contribution is -2.48. The molecule has 1 unspecified atom stereocenters. The van der Waals surface area contributed by atoms with Crippen LogP contribution in [-0.2, 0) is 10.0 Å². The third kappa shape index (κ3) is 2.93. The molecule has 1 aliphatic rings. The fraction of sp³-hybridized carbons (Fsp3) is 1.00. The molecular weight excluding hydrogens is 200 g/mol. The van der Waals surface area contributed by atoms with E-state index in [2.05, 4.69) is 5.32 Å². The van der Waals surface area contributed by atoms with Crippen molar-refractivity contribution in [2.75, 3.05) is 25.4 Å². The van der Waals surface area contributed by atoms with Crippen molar-refractivity contribution in [2.45, 2.75) is 32.7 Å². The molecule has 0 aliphatic carbocycles. The van der Waals surface area contributed by atoms with Crippen LogP contribution in [0.4, 0.5) is 0 Å². The largest absolute Gasteiger partial charge is 0.313 e. The first-order chi connectivity index (χ1) is 6.60. The van der Waals surface area contributed by atoms with Gasteiger partial charge in [0.1, 0.15) is 0 Å². The third-order valence-corrected chi connectivity index (χ3v) is 4.48. The van der Waals surface area contributed by atoms with Crippen LogP contribution in [0.5, 0.6) is 0 Å². The molecule has 5 heteroatoms. The van der Waals surface area contributed by atoms with Crippen molar-refractivity contribution in [1.29, 1.82) is 0 Å². The molecule has 0 radical (unpaired) electrons. The maximum absolute atomic E-state index is 11.6. The topological polar surface area (TPSA) is 49.4 Å². The van der Waals surface area contributed by atoms with Crippen molar-refractivity contribution < 1.29 is 8.42 Å². The highest BCUT2D eigenvalue weighted by Crippen LogP contribution is 2.13. The van der Waals surface area contributed by atoms with Gasteiger partial charge in [0.15, 0.2) is 0 Å². The fourth-order valence-electron chi connectivity index (χ4n) is 1.83. The lowest BCUT2D eigenvalue weighted by molar-refractivity contribution is 0.286. The second-order valence-corrected chi connectivity index (χ2v) is 5.91. The van der Waals surface area contributed by atoms with E-state index in [0.29, 0.717) is 19.1 Å². The minimum Gasteiger partial charge on any atom is -0.313 e. The Morgan fingerprint density at radius 2 is 2.14 bits per heavy atom. The summed E-state index contributed by atoms with van der Waals surface area (Å²) in [5.41, 5.74) is 0. The Bertz CT molecular complexity index is 262. The molecule has 0 amide bonds. The lowest BCUT2D eigenvalue weighted by Gasteiger charge is -2.31. The summed E-state index contributed by atoms with van der Waals surface area (Å²) in [6.07, 6.45) is 2.06. The van der Waals surface area contributed by atoms with E-state index in [4.69, 9.17) is 0 Å². The maximum atomic E-state index is 11.6. The second kappa shape index (κ2) is 5.09. The lowest BCUT2D eigenvalue weighted by atomic mass is 10.1. The van der Waals surface area contributed by atoms with Gasteiger partial charge in [0, 0.05) is 19.1 Å². The molecule has 1 fully saturated rings. The number of likely N-dealkylation sites (N-methyl/N-ethyl adjacent to an activating group) is 1. The zero-order chi connectivity index (χ0) is 10.6. The SMILES string of the molecule is CCNC1CCCN(S(=O)(=O)CC)C1. The van der Waals surface area contributed by atoms with E-state index >= 15 is 0 Å². The Morgan fingerprint density at radius 3 is 2.71 bits per heavy atom. The van der Waals surface area contributed by atoms with Crippen molar-refractivity contribution in [1.82, 2.24) is 9.62 Å². The number of sulfonamides is 1. The summed E-state index contributed by atoms with van der Waals surface area (Å²) >= 11 is 0. The standard InChI is InChI=1S/C9H20N2O2S/c1-3-10-9-6-5-7-11(8-9)14(12,13)4-2/h9-10H,3-8H2,1-2H3. The van der Waals surface area contributed by atoms with Crippen LogP contribution in [0.25, 0.3) is 0 Å². The van der Waals surface area contributed by atoms with Crippen LogP contribution in [0.1, 0.15) is 26.7 Å². The molecule has 0 aromatic carbocycles. The third-order valence-electron chi connectivity index (χ3n) is 2.64. The molecule has 4 nitrogen and oxygen atoms in total. The van der Waals surface area contributed by atoms with Gasteiger partial charge in [0.25, 0.3) is 0 Å². The molecule has 1 atom stereocenters. The van der Waals surface area contributed by atoms with E-state index in [0.717, 1.165) is 19.4 Å². The second-order valence-electron chi connectivity index (χ2n) is 3.66. The van der Waals surface area contributed by atoms with Gasteiger partial charge in [-0.2, -0.15) is 0 Å². The van der Waals surface area contributed by atoms with Crippen LogP contribution in [0, 0.1) is 0 Å².